The van der Waals surface area contributed by atoms with E-state index in [0.29, 0.717) is 11.3 Å². The zero-order valence-electron chi connectivity index (χ0n) is 12.0. The molecule has 0 fully saturated rings. The first-order chi connectivity index (χ1) is 9.57. The van der Waals surface area contributed by atoms with E-state index in [1.165, 1.54) is 11.8 Å². The summed E-state index contributed by atoms with van der Waals surface area (Å²) in [5.41, 5.74) is -0.780. The van der Waals surface area contributed by atoms with Crippen LogP contribution in [0.3, 0.4) is 0 Å². The molecule has 1 aromatic rings. The van der Waals surface area contributed by atoms with Gasteiger partial charge in [0, 0.05) is 9.80 Å². The van der Waals surface area contributed by atoms with Gasteiger partial charge in [0.25, 0.3) is 0 Å². The summed E-state index contributed by atoms with van der Waals surface area (Å²) in [5, 5.41) is 0. The van der Waals surface area contributed by atoms with Crippen LogP contribution in [0.2, 0.25) is 0 Å². The third-order valence-electron chi connectivity index (χ3n) is 2.37. The summed E-state index contributed by atoms with van der Waals surface area (Å²) in [6.45, 7) is 5.41. The van der Waals surface area contributed by atoms with Gasteiger partial charge < -0.3 is 9.05 Å². The highest BCUT2D eigenvalue weighted by molar-refractivity contribution is 8.03. The second-order valence-electron chi connectivity index (χ2n) is 3.82. The van der Waals surface area contributed by atoms with Gasteiger partial charge in [0.1, 0.15) is 0 Å². The van der Waals surface area contributed by atoms with Crippen LogP contribution in [-0.2, 0) is 13.6 Å². The molecule has 0 spiro atoms. The molecule has 0 N–H and O–H groups in total. The molecule has 112 valence electrons. The van der Waals surface area contributed by atoms with Gasteiger partial charge in [0.2, 0.25) is 5.57 Å². The summed E-state index contributed by atoms with van der Waals surface area (Å²) in [6, 6.07) is 9.39. The van der Waals surface area contributed by atoms with Gasteiger partial charge in [-0.3, -0.25) is 4.57 Å². The molecule has 1 aromatic carbocycles. The SMILES string of the molecule is CCOP(=O)(OCC)/C(F)=C(\CC)Sc1ccccc1. The van der Waals surface area contributed by atoms with Crippen LogP contribution in [0.1, 0.15) is 27.2 Å². The summed E-state index contributed by atoms with van der Waals surface area (Å²) in [5.74, 6) is 0. The van der Waals surface area contributed by atoms with Crippen molar-refractivity contribution in [3.63, 3.8) is 0 Å². The Bertz CT molecular complexity index is 480. The molecular formula is C14H20FO3PS. The van der Waals surface area contributed by atoms with Crippen LogP contribution in [0, 0.1) is 0 Å². The van der Waals surface area contributed by atoms with E-state index in [4.69, 9.17) is 9.05 Å². The quantitative estimate of drug-likeness (QED) is 0.462. The van der Waals surface area contributed by atoms with Gasteiger partial charge in [0.05, 0.1) is 13.2 Å². The van der Waals surface area contributed by atoms with Gasteiger partial charge in [-0.1, -0.05) is 36.9 Å². The number of benzene rings is 1. The molecule has 1 rings (SSSR count). The van der Waals surface area contributed by atoms with E-state index in [1.54, 1.807) is 13.8 Å². The average Bonchev–Trinajstić information content (AvgIpc) is 2.45. The maximum Gasteiger partial charge on any atom is 0.390 e. The second kappa shape index (κ2) is 8.63. The van der Waals surface area contributed by atoms with Crippen LogP contribution in [0.4, 0.5) is 4.39 Å². The molecule has 0 bridgehead atoms. The van der Waals surface area contributed by atoms with Crippen molar-refractivity contribution >= 4 is 19.4 Å². The van der Waals surface area contributed by atoms with E-state index in [-0.39, 0.29) is 13.2 Å². The third-order valence-corrected chi connectivity index (χ3v) is 5.69. The Morgan fingerprint density at radius 1 is 1.15 bits per heavy atom. The lowest BCUT2D eigenvalue weighted by Gasteiger charge is -2.17. The molecule has 0 saturated carbocycles. The van der Waals surface area contributed by atoms with Crippen molar-refractivity contribution in [2.24, 2.45) is 0 Å². The topological polar surface area (TPSA) is 35.5 Å². The Hall–Kier alpha value is -0.610. The first-order valence-electron chi connectivity index (χ1n) is 6.58. The van der Waals surface area contributed by atoms with E-state index in [1.807, 2.05) is 37.3 Å². The van der Waals surface area contributed by atoms with Gasteiger partial charge >= 0.3 is 7.60 Å². The zero-order valence-corrected chi connectivity index (χ0v) is 13.7. The summed E-state index contributed by atoms with van der Waals surface area (Å²) in [7, 11) is -3.83. The highest BCUT2D eigenvalue weighted by Crippen LogP contribution is 2.59. The Balaban J connectivity index is 3.06. The Morgan fingerprint density at radius 3 is 2.15 bits per heavy atom. The molecule has 0 aliphatic carbocycles. The van der Waals surface area contributed by atoms with Crippen molar-refractivity contribution in [3.8, 4) is 0 Å². The Labute approximate surface area is 124 Å². The maximum atomic E-state index is 14.5. The number of hydrogen-bond donors (Lipinski definition) is 0. The molecule has 3 nitrogen and oxygen atoms in total. The first kappa shape index (κ1) is 17.4. The fraction of sp³-hybridized carbons (Fsp3) is 0.429. The number of halogens is 1. The Morgan fingerprint density at radius 2 is 1.70 bits per heavy atom. The predicted molar refractivity (Wildman–Crippen MR) is 81.6 cm³/mol. The van der Waals surface area contributed by atoms with Gasteiger partial charge in [0.15, 0.2) is 0 Å². The van der Waals surface area contributed by atoms with Gasteiger partial charge in [-0.15, -0.1) is 0 Å². The third kappa shape index (κ3) is 4.74. The van der Waals surface area contributed by atoms with Crippen LogP contribution in [0.25, 0.3) is 0 Å². The number of thioether (sulfide) groups is 1. The van der Waals surface area contributed by atoms with Crippen LogP contribution in [0.5, 0.6) is 0 Å². The molecule has 0 radical (unpaired) electrons. The van der Waals surface area contributed by atoms with Crippen LogP contribution in [-0.4, -0.2) is 13.2 Å². The summed E-state index contributed by atoms with van der Waals surface area (Å²) < 4.78 is 37.0. The predicted octanol–water partition coefficient (Wildman–Crippen LogP) is 5.59. The maximum absolute atomic E-state index is 14.5. The number of hydrogen-bond acceptors (Lipinski definition) is 4. The molecule has 0 heterocycles. The molecule has 0 unspecified atom stereocenters. The van der Waals surface area contributed by atoms with E-state index < -0.39 is 13.2 Å². The van der Waals surface area contributed by atoms with Gasteiger partial charge in [-0.2, -0.15) is 4.39 Å². The number of allylic oxidation sites excluding steroid dienone is 1. The average molecular weight is 318 g/mol. The van der Waals surface area contributed by atoms with Crippen molar-refractivity contribution in [1.29, 1.82) is 0 Å². The molecule has 20 heavy (non-hydrogen) atoms. The standard InChI is InChI=1S/C14H20FO3PS/c1-4-13(20-12-10-8-7-9-11-12)14(15)19(16,17-5-2)18-6-3/h7-11H,4-6H2,1-3H3/b14-13+. The van der Waals surface area contributed by atoms with Crippen molar-refractivity contribution in [2.45, 2.75) is 32.1 Å². The minimum Gasteiger partial charge on any atom is -0.304 e. The van der Waals surface area contributed by atoms with Crippen molar-refractivity contribution < 1.29 is 18.0 Å². The molecule has 0 amide bonds. The smallest absolute Gasteiger partial charge is 0.304 e. The van der Waals surface area contributed by atoms with Crippen molar-refractivity contribution in [1.82, 2.24) is 0 Å². The lowest BCUT2D eigenvalue weighted by molar-refractivity contribution is 0.219. The van der Waals surface area contributed by atoms with E-state index in [2.05, 4.69) is 0 Å². The van der Waals surface area contributed by atoms with Gasteiger partial charge in [-0.25, -0.2) is 0 Å². The lowest BCUT2D eigenvalue weighted by Crippen LogP contribution is -1.98. The Kier molecular flexibility index (Phi) is 7.52. The van der Waals surface area contributed by atoms with Crippen LogP contribution >= 0.6 is 19.4 Å². The van der Waals surface area contributed by atoms with E-state index in [0.717, 1.165) is 4.90 Å². The van der Waals surface area contributed by atoms with Crippen LogP contribution in [0.15, 0.2) is 45.7 Å². The van der Waals surface area contributed by atoms with E-state index >= 15 is 0 Å². The first-order valence-corrected chi connectivity index (χ1v) is 8.94. The second-order valence-corrected chi connectivity index (χ2v) is 6.89. The zero-order chi connectivity index (χ0) is 15.0. The molecule has 6 heteroatoms. The monoisotopic (exact) mass is 318 g/mol. The number of rotatable bonds is 8. The van der Waals surface area contributed by atoms with E-state index in [9.17, 15) is 8.96 Å². The van der Waals surface area contributed by atoms with Gasteiger partial charge in [-0.05, 0) is 32.4 Å². The molecule has 0 aliphatic heterocycles. The lowest BCUT2D eigenvalue weighted by atomic mass is 10.4. The minimum absolute atomic E-state index is 0.137. The summed E-state index contributed by atoms with van der Waals surface area (Å²) in [4.78, 5) is 1.26. The largest absolute Gasteiger partial charge is 0.390 e. The highest BCUT2D eigenvalue weighted by atomic mass is 32.2. The highest BCUT2D eigenvalue weighted by Gasteiger charge is 2.33. The fourth-order valence-corrected chi connectivity index (χ4v) is 4.26. The molecule has 0 saturated heterocycles. The van der Waals surface area contributed by atoms with Crippen molar-refractivity contribution in [3.05, 3.63) is 40.8 Å². The van der Waals surface area contributed by atoms with Crippen LogP contribution < -0.4 is 0 Å². The molecule has 0 atom stereocenters. The molecular weight excluding hydrogens is 298 g/mol. The van der Waals surface area contributed by atoms with Crippen molar-refractivity contribution in [2.75, 3.05) is 13.2 Å². The molecule has 0 aromatic heterocycles. The normalized spacial score (nSPS) is 13.2. The summed E-state index contributed by atoms with van der Waals surface area (Å²) in [6.07, 6.45) is 0.426. The minimum atomic E-state index is -3.83. The summed E-state index contributed by atoms with van der Waals surface area (Å²) >= 11 is 1.25. The molecule has 0 aliphatic rings. The fourth-order valence-electron chi connectivity index (χ4n) is 1.53.